The van der Waals surface area contributed by atoms with Crippen molar-refractivity contribution in [2.75, 3.05) is 7.05 Å². The van der Waals surface area contributed by atoms with Gasteiger partial charge in [0, 0.05) is 13.1 Å². The summed E-state index contributed by atoms with van der Waals surface area (Å²) >= 11 is 0. The molecule has 0 bridgehead atoms. The van der Waals surface area contributed by atoms with Crippen LogP contribution in [0.25, 0.3) is 0 Å². The maximum absolute atomic E-state index is 11.3. The normalized spacial score (nSPS) is 11.6. The number of aliphatic carboxylic acids is 1. The minimum atomic E-state index is -0.951. The molecule has 0 aliphatic carbocycles. The van der Waals surface area contributed by atoms with Gasteiger partial charge in [0.05, 0.1) is 12.0 Å². The number of hydrogen-bond acceptors (Lipinski definition) is 3. The van der Waals surface area contributed by atoms with Crippen LogP contribution in [0, 0.1) is 0 Å². The van der Waals surface area contributed by atoms with E-state index in [4.69, 9.17) is 5.11 Å². The fraction of sp³-hybridized carbons (Fsp3) is 0.364. The average molecular weight is 252 g/mol. The van der Waals surface area contributed by atoms with Gasteiger partial charge in [-0.1, -0.05) is 4.68 Å². The summed E-state index contributed by atoms with van der Waals surface area (Å²) in [6.07, 6.45) is 3.43. The topological polar surface area (TPSA) is 97.1 Å². The van der Waals surface area contributed by atoms with Gasteiger partial charge in [0.2, 0.25) is 0 Å². The first kappa shape index (κ1) is 13.8. The summed E-state index contributed by atoms with van der Waals surface area (Å²) < 4.78 is 1.57. The monoisotopic (exact) mass is 252 g/mol. The van der Waals surface area contributed by atoms with Gasteiger partial charge in [-0.15, -0.1) is 0 Å². The maximum atomic E-state index is 11.3. The highest BCUT2D eigenvalue weighted by Crippen LogP contribution is 1.92. The number of aryl methyl sites for hydroxylation is 1. The Labute approximate surface area is 104 Å². The van der Waals surface area contributed by atoms with Crippen LogP contribution < -0.4 is 15.0 Å². The third-order valence-electron chi connectivity index (χ3n) is 2.45. The van der Waals surface area contributed by atoms with Crippen LogP contribution in [0.4, 0.5) is 0 Å². The van der Waals surface area contributed by atoms with E-state index >= 15 is 0 Å². The molecule has 0 aromatic carbocycles. The fourth-order valence-corrected chi connectivity index (χ4v) is 1.37. The minimum absolute atomic E-state index is 0.211. The van der Waals surface area contributed by atoms with Crippen LogP contribution in [0.2, 0.25) is 0 Å². The quantitative estimate of drug-likeness (QED) is 0.380. The molecule has 0 aliphatic rings. The highest BCUT2D eigenvalue weighted by atomic mass is 16.4. The van der Waals surface area contributed by atoms with Gasteiger partial charge in [0.15, 0.2) is 12.7 Å². The number of amides is 1. The van der Waals surface area contributed by atoms with Crippen molar-refractivity contribution in [1.82, 2.24) is 10.4 Å². The Balaban J connectivity index is 2.61. The summed E-state index contributed by atoms with van der Waals surface area (Å²) in [5.74, 6) is -1.16. The Morgan fingerprint density at radius 3 is 2.83 bits per heavy atom. The molecule has 0 fully saturated rings. The Morgan fingerprint density at radius 1 is 1.67 bits per heavy atom. The lowest BCUT2D eigenvalue weighted by molar-refractivity contribution is -0.756. The highest BCUT2D eigenvalue weighted by Gasteiger charge is 2.22. The van der Waals surface area contributed by atoms with Crippen molar-refractivity contribution in [2.24, 2.45) is 0 Å². The number of nitrogens with zero attached hydrogens (tertiary/aromatic N) is 2. The van der Waals surface area contributed by atoms with E-state index in [1.54, 1.807) is 24.0 Å². The first-order valence-electron chi connectivity index (χ1n) is 5.41. The first-order chi connectivity index (χ1) is 8.58. The molecule has 0 spiro atoms. The smallest absolute Gasteiger partial charge is 0.373 e. The third kappa shape index (κ3) is 3.62. The standard InChI is InChI=1S/C11H14N4O3/c1-12-9(11(17)18)4-6-15-5-3-8(7-14-15)10(16)13-2/h3,5,7,9H,1,4,6H2,2H3,(H-,13,16,17,18)/p+2/t9-/m0/s1. The van der Waals surface area contributed by atoms with Gasteiger partial charge in [-0.05, 0) is 5.10 Å². The van der Waals surface area contributed by atoms with E-state index in [1.807, 2.05) is 0 Å². The van der Waals surface area contributed by atoms with Crippen LogP contribution in [0.5, 0.6) is 0 Å². The predicted molar refractivity (Wildman–Crippen MR) is 61.9 cm³/mol. The van der Waals surface area contributed by atoms with Crippen molar-refractivity contribution < 1.29 is 24.4 Å². The van der Waals surface area contributed by atoms with Gasteiger partial charge < -0.3 is 10.4 Å². The molecule has 0 saturated carbocycles. The molecule has 0 aliphatic heterocycles. The van der Waals surface area contributed by atoms with Crippen LogP contribution in [-0.4, -0.2) is 41.9 Å². The molecule has 7 heteroatoms. The van der Waals surface area contributed by atoms with Crippen LogP contribution in [0.15, 0.2) is 18.5 Å². The van der Waals surface area contributed by atoms with Gasteiger partial charge in [0.1, 0.15) is 12.9 Å². The Kier molecular flexibility index (Phi) is 4.91. The Morgan fingerprint density at radius 2 is 2.39 bits per heavy atom. The van der Waals surface area contributed by atoms with Gasteiger partial charge >= 0.3 is 5.97 Å². The van der Waals surface area contributed by atoms with E-state index in [-0.39, 0.29) is 5.91 Å². The lowest BCUT2D eigenvalue weighted by Gasteiger charge is -1.99. The maximum Gasteiger partial charge on any atom is 0.373 e. The minimum Gasteiger partial charge on any atom is -0.476 e. The summed E-state index contributed by atoms with van der Waals surface area (Å²) in [4.78, 5) is 24.5. The number of carbonyl (C=O) groups is 2. The van der Waals surface area contributed by atoms with E-state index in [1.165, 1.54) is 6.20 Å². The van der Waals surface area contributed by atoms with Crippen molar-refractivity contribution in [3.8, 4) is 0 Å². The largest absolute Gasteiger partial charge is 0.476 e. The van der Waals surface area contributed by atoms with Crippen molar-refractivity contribution in [3.05, 3.63) is 24.0 Å². The number of carboxylic acids is 1. The van der Waals surface area contributed by atoms with Gasteiger partial charge in [-0.3, -0.25) is 4.79 Å². The number of carbonyl (C=O) groups excluding carboxylic acids is 1. The number of nitrogens with one attached hydrogen (secondary N) is 2. The van der Waals surface area contributed by atoms with Crippen LogP contribution >= 0.6 is 0 Å². The molecule has 1 aromatic rings. The Bertz CT molecular complexity index is 444. The molecule has 18 heavy (non-hydrogen) atoms. The Hall–Kier alpha value is -2.31. The van der Waals surface area contributed by atoms with Crippen LogP contribution in [0.1, 0.15) is 16.8 Å². The van der Waals surface area contributed by atoms with Gasteiger partial charge in [0.25, 0.3) is 11.9 Å². The molecule has 1 heterocycles. The van der Waals surface area contributed by atoms with Crippen molar-refractivity contribution >= 4 is 18.6 Å². The van der Waals surface area contributed by atoms with E-state index in [9.17, 15) is 9.59 Å². The molecule has 0 radical (unpaired) electrons. The highest BCUT2D eigenvalue weighted by molar-refractivity contribution is 5.93. The summed E-state index contributed by atoms with van der Waals surface area (Å²) in [7, 11) is 1.54. The molecule has 3 N–H and O–H groups in total. The molecule has 7 nitrogen and oxygen atoms in total. The zero-order valence-corrected chi connectivity index (χ0v) is 10.1. The van der Waals surface area contributed by atoms with E-state index in [2.05, 4.69) is 22.1 Å². The lowest BCUT2D eigenvalue weighted by Crippen LogP contribution is -2.77. The van der Waals surface area contributed by atoms with Crippen molar-refractivity contribution in [1.29, 1.82) is 0 Å². The van der Waals surface area contributed by atoms with Gasteiger partial charge in [-0.2, -0.15) is 0 Å². The third-order valence-corrected chi connectivity index (χ3v) is 2.45. The summed E-state index contributed by atoms with van der Waals surface area (Å²) in [5.41, 5.74) is 0.457. The number of carboxylic acid groups (broad SMARTS) is 1. The molecular weight excluding hydrogens is 236 g/mol. The van der Waals surface area contributed by atoms with E-state index in [0.29, 0.717) is 18.5 Å². The van der Waals surface area contributed by atoms with Gasteiger partial charge in [-0.25, -0.2) is 9.79 Å². The number of aromatic nitrogens is 2. The molecule has 1 amide bonds. The average Bonchev–Trinajstić information content (AvgIpc) is 2.39. The second-order valence-corrected chi connectivity index (χ2v) is 3.64. The molecule has 0 saturated heterocycles. The summed E-state index contributed by atoms with van der Waals surface area (Å²) in [5, 5.41) is 15.3. The molecule has 1 aromatic heterocycles. The predicted octanol–water partition coefficient (Wildman–Crippen LogP) is -2.65. The first-order valence-corrected chi connectivity index (χ1v) is 5.41. The summed E-state index contributed by atoms with van der Waals surface area (Å²) in [6, 6.07) is 0.914. The lowest BCUT2D eigenvalue weighted by atomic mass is 10.2. The summed E-state index contributed by atoms with van der Waals surface area (Å²) in [6.45, 7) is 3.78. The SMILES string of the molecule is C=[NH+][C@@H](CC[n+]1ccc(C(=O)NC)cn1)C(=O)O. The molecule has 1 rings (SSSR count). The van der Waals surface area contributed by atoms with Crippen molar-refractivity contribution in [3.63, 3.8) is 0 Å². The van der Waals surface area contributed by atoms with E-state index in [0.717, 1.165) is 0 Å². The second-order valence-electron chi connectivity index (χ2n) is 3.64. The molecule has 1 atom stereocenters. The van der Waals surface area contributed by atoms with Crippen LogP contribution in [0.3, 0.4) is 0 Å². The molecule has 96 valence electrons. The van der Waals surface area contributed by atoms with Crippen LogP contribution in [-0.2, 0) is 11.3 Å². The fourth-order valence-electron chi connectivity index (χ4n) is 1.37. The van der Waals surface area contributed by atoms with E-state index < -0.39 is 12.0 Å². The zero-order chi connectivity index (χ0) is 13.5. The number of hydrogen-bond donors (Lipinski definition) is 3. The number of rotatable bonds is 6. The zero-order valence-electron chi connectivity index (χ0n) is 10.1. The molecule has 0 unspecified atom stereocenters. The van der Waals surface area contributed by atoms with Crippen molar-refractivity contribution in [2.45, 2.75) is 19.0 Å². The second kappa shape index (κ2) is 6.43. The molecular formula is C11H16N4O3+2.